The van der Waals surface area contributed by atoms with Crippen molar-refractivity contribution < 1.29 is 9.59 Å². The molecule has 0 aliphatic carbocycles. The van der Waals surface area contributed by atoms with Gasteiger partial charge in [0.05, 0.1) is 0 Å². The van der Waals surface area contributed by atoms with Crippen LogP contribution in [0.1, 0.15) is 21.9 Å². The molecule has 0 spiro atoms. The van der Waals surface area contributed by atoms with Crippen molar-refractivity contribution >= 4 is 23.8 Å². The van der Waals surface area contributed by atoms with Gasteiger partial charge in [0.25, 0.3) is 5.91 Å². The Balaban J connectivity index is 1.78. The van der Waals surface area contributed by atoms with Gasteiger partial charge < -0.3 is 15.1 Å². The lowest BCUT2D eigenvalue weighted by Gasteiger charge is -2.33. The summed E-state index contributed by atoms with van der Waals surface area (Å²) in [5.74, 6) is 1.01. The van der Waals surface area contributed by atoms with Crippen LogP contribution in [-0.2, 0) is 4.79 Å². The molecule has 1 N–H and O–H groups in total. The number of nitrogens with one attached hydrogen (secondary N) is 1. The Labute approximate surface area is 146 Å². The zero-order chi connectivity index (χ0) is 17.8. The Morgan fingerprint density at radius 1 is 1.12 bits per heavy atom. The van der Waals surface area contributed by atoms with E-state index in [0.29, 0.717) is 43.5 Å². The molecule has 2 amide bonds. The number of nitrogens with zero attached hydrogens (tertiary/aromatic N) is 4. The second-order valence-electron chi connectivity index (χ2n) is 6.06. The molecule has 2 aromatic rings. The molecule has 7 nitrogen and oxygen atoms in total. The van der Waals surface area contributed by atoms with E-state index >= 15 is 0 Å². The fourth-order valence-electron chi connectivity index (χ4n) is 2.79. The third-order valence-electron chi connectivity index (χ3n) is 4.24. The lowest BCUT2D eigenvalue weighted by Crippen LogP contribution is -2.46. The van der Waals surface area contributed by atoms with Crippen LogP contribution >= 0.6 is 0 Å². The number of carbonyl (C=O) groups is 2. The first-order valence-corrected chi connectivity index (χ1v) is 8.24. The summed E-state index contributed by atoms with van der Waals surface area (Å²) in [4.78, 5) is 35.9. The highest BCUT2D eigenvalue weighted by atomic mass is 16.2. The molecule has 0 radical (unpaired) electrons. The van der Waals surface area contributed by atoms with E-state index in [9.17, 15) is 9.59 Å². The van der Waals surface area contributed by atoms with Crippen LogP contribution in [0.4, 0.5) is 11.5 Å². The van der Waals surface area contributed by atoms with Crippen molar-refractivity contribution in [1.29, 1.82) is 0 Å². The lowest BCUT2D eigenvalue weighted by molar-refractivity contribution is -0.118. The SMILES string of the molecule is Cc1nc(C(=O)Nc2ccccc2C)cc(N2CCN(C=O)CC2)n1. The van der Waals surface area contributed by atoms with E-state index < -0.39 is 0 Å². The van der Waals surface area contributed by atoms with Gasteiger partial charge in [-0.15, -0.1) is 0 Å². The van der Waals surface area contributed by atoms with Gasteiger partial charge in [-0.25, -0.2) is 9.97 Å². The van der Waals surface area contributed by atoms with Crippen LogP contribution in [0.5, 0.6) is 0 Å². The third kappa shape index (κ3) is 3.93. The highest BCUT2D eigenvalue weighted by Crippen LogP contribution is 2.18. The Kier molecular flexibility index (Phi) is 4.92. The first-order chi connectivity index (χ1) is 12.1. The molecular formula is C18H21N5O2. The van der Waals surface area contributed by atoms with Gasteiger partial charge in [0, 0.05) is 37.9 Å². The van der Waals surface area contributed by atoms with Gasteiger partial charge in [0.1, 0.15) is 17.3 Å². The van der Waals surface area contributed by atoms with E-state index in [2.05, 4.69) is 20.2 Å². The smallest absolute Gasteiger partial charge is 0.274 e. The summed E-state index contributed by atoms with van der Waals surface area (Å²) >= 11 is 0. The van der Waals surface area contributed by atoms with Gasteiger partial charge in [0.15, 0.2) is 0 Å². The minimum Gasteiger partial charge on any atom is -0.353 e. The van der Waals surface area contributed by atoms with Gasteiger partial charge >= 0.3 is 0 Å². The molecule has 1 aliphatic rings. The van der Waals surface area contributed by atoms with E-state index in [-0.39, 0.29) is 5.91 Å². The maximum absolute atomic E-state index is 12.6. The number of amides is 2. The van der Waals surface area contributed by atoms with Crippen LogP contribution in [0.25, 0.3) is 0 Å². The van der Waals surface area contributed by atoms with Crippen molar-refractivity contribution in [3.05, 3.63) is 47.4 Å². The number of aryl methyl sites for hydroxylation is 2. The molecule has 3 rings (SSSR count). The van der Waals surface area contributed by atoms with Gasteiger partial charge in [-0.2, -0.15) is 0 Å². The Morgan fingerprint density at radius 2 is 1.84 bits per heavy atom. The number of rotatable bonds is 4. The number of piperazine rings is 1. The van der Waals surface area contributed by atoms with Crippen molar-refractivity contribution in [1.82, 2.24) is 14.9 Å². The number of carbonyl (C=O) groups excluding carboxylic acids is 2. The number of hydrogen-bond donors (Lipinski definition) is 1. The van der Waals surface area contributed by atoms with Gasteiger partial charge in [-0.3, -0.25) is 9.59 Å². The molecule has 1 aromatic heterocycles. The summed E-state index contributed by atoms with van der Waals surface area (Å²) in [7, 11) is 0. The molecule has 0 bridgehead atoms. The minimum atomic E-state index is -0.257. The van der Waals surface area contributed by atoms with E-state index in [1.165, 1.54) is 0 Å². The fraction of sp³-hybridized carbons (Fsp3) is 0.333. The molecule has 1 aromatic carbocycles. The van der Waals surface area contributed by atoms with Crippen LogP contribution in [0, 0.1) is 13.8 Å². The molecular weight excluding hydrogens is 318 g/mol. The van der Waals surface area contributed by atoms with Crippen LogP contribution < -0.4 is 10.2 Å². The van der Waals surface area contributed by atoms with Gasteiger partial charge in [-0.1, -0.05) is 18.2 Å². The summed E-state index contributed by atoms with van der Waals surface area (Å²) in [6.07, 6.45) is 0.865. The number of anilines is 2. The molecule has 0 unspecified atom stereocenters. The largest absolute Gasteiger partial charge is 0.353 e. The quantitative estimate of drug-likeness (QED) is 0.857. The molecule has 25 heavy (non-hydrogen) atoms. The second kappa shape index (κ2) is 7.29. The predicted molar refractivity (Wildman–Crippen MR) is 95.8 cm³/mol. The van der Waals surface area contributed by atoms with Crippen LogP contribution in [0.2, 0.25) is 0 Å². The number of aromatic nitrogens is 2. The Bertz CT molecular complexity index is 785. The highest BCUT2D eigenvalue weighted by Gasteiger charge is 2.19. The molecule has 0 saturated carbocycles. The normalized spacial score (nSPS) is 14.3. The van der Waals surface area contributed by atoms with E-state index in [1.54, 1.807) is 17.9 Å². The zero-order valence-corrected chi connectivity index (χ0v) is 14.4. The van der Waals surface area contributed by atoms with Crippen molar-refractivity contribution in [2.45, 2.75) is 13.8 Å². The summed E-state index contributed by atoms with van der Waals surface area (Å²) in [6, 6.07) is 9.32. The molecule has 1 fully saturated rings. The average Bonchev–Trinajstić information content (AvgIpc) is 2.63. The first kappa shape index (κ1) is 16.9. The Morgan fingerprint density at radius 3 is 2.52 bits per heavy atom. The molecule has 1 aliphatic heterocycles. The number of hydrogen-bond acceptors (Lipinski definition) is 5. The molecule has 7 heteroatoms. The van der Waals surface area contributed by atoms with Crippen molar-refractivity contribution in [2.24, 2.45) is 0 Å². The standard InChI is InChI=1S/C18H21N5O2/c1-13-5-3-4-6-15(13)21-18(25)16-11-17(20-14(2)19-16)23-9-7-22(12-24)8-10-23/h3-6,11-12H,7-10H2,1-2H3,(H,21,25). The molecule has 130 valence electrons. The summed E-state index contributed by atoms with van der Waals surface area (Å²) in [5, 5.41) is 2.90. The summed E-state index contributed by atoms with van der Waals surface area (Å²) in [5.41, 5.74) is 2.10. The maximum Gasteiger partial charge on any atom is 0.274 e. The van der Waals surface area contributed by atoms with Crippen LogP contribution in [-0.4, -0.2) is 53.4 Å². The van der Waals surface area contributed by atoms with Gasteiger partial charge in [0.2, 0.25) is 6.41 Å². The maximum atomic E-state index is 12.6. The molecule has 0 atom stereocenters. The minimum absolute atomic E-state index is 0.257. The molecule has 1 saturated heterocycles. The van der Waals surface area contributed by atoms with Crippen LogP contribution in [0.15, 0.2) is 30.3 Å². The average molecular weight is 339 g/mol. The van der Waals surface area contributed by atoms with Gasteiger partial charge in [-0.05, 0) is 25.5 Å². The third-order valence-corrected chi connectivity index (χ3v) is 4.24. The van der Waals surface area contributed by atoms with E-state index in [4.69, 9.17) is 0 Å². The van der Waals surface area contributed by atoms with Crippen molar-refractivity contribution in [2.75, 3.05) is 36.4 Å². The predicted octanol–water partition coefficient (Wildman–Crippen LogP) is 1.62. The zero-order valence-electron chi connectivity index (χ0n) is 14.4. The number of para-hydroxylation sites is 1. The number of benzene rings is 1. The Hall–Kier alpha value is -2.96. The fourth-order valence-corrected chi connectivity index (χ4v) is 2.79. The summed E-state index contributed by atoms with van der Waals surface area (Å²) < 4.78 is 0. The summed E-state index contributed by atoms with van der Waals surface area (Å²) in [6.45, 7) is 6.39. The van der Waals surface area contributed by atoms with Crippen LogP contribution in [0.3, 0.4) is 0 Å². The van der Waals surface area contributed by atoms with E-state index in [1.807, 2.05) is 31.2 Å². The topological polar surface area (TPSA) is 78.4 Å². The first-order valence-electron chi connectivity index (χ1n) is 8.24. The van der Waals surface area contributed by atoms with E-state index in [0.717, 1.165) is 17.7 Å². The highest BCUT2D eigenvalue weighted by molar-refractivity contribution is 6.03. The van der Waals surface area contributed by atoms with Crippen molar-refractivity contribution in [3.8, 4) is 0 Å². The monoisotopic (exact) mass is 339 g/mol. The van der Waals surface area contributed by atoms with Crippen molar-refractivity contribution in [3.63, 3.8) is 0 Å². The molecule has 2 heterocycles. The lowest BCUT2D eigenvalue weighted by atomic mass is 10.2. The second-order valence-corrected chi connectivity index (χ2v) is 6.06.